The fourth-order valence-electron chi connectivity index (χ4n) is 1.40. The fourth-order valence-corrected chi connectivity index (χ4v) is 2.52. The minimum absolute atomic E-state index is 0.150. The second-order valence-electron chi connectivity index (χ2n) is 3.59. The Bertz CT molecular complexity index is 584. The summed E-state index contributed by atoms with van der Waals surface area (Å²) in [5, 5.41) is 3.41. The van der Waals surface area contributed by atoms with E-state index in [1.54, 1.807) is 12.1 Å². The standard InChI is InChI=1S/C13H8ClI2NO/c14-8-1-6-12(16)11(7-8)13(18)17-10-4-2-9(15)3-5-10/h1-7H,(H,17,18). The summed E-state index contributed by atoms with van der Waals surface area (Å²) in [7, 11) is 0. The average Bonchev–Trinajstić information content (AvgIpc) is 2.35. The van der Waals surface area contributed by atoms with Crippen molar-refractivity contribution in [3.8, 4) is 0 Å². The Morgan fingerprint density at radius 2 is 1.72 bits per heavy atom. The number of nitrogens with one attached hydrogen (secondary N) is 1. The Balaban J connectivity index is 2.21. The Morgan fingerprint density at radius 1 is 1.06 bits per heavy atom. The summed E-state index contributed by atoms with van der Waals surface area (Å²) in [6.07, 6.45) is 0. The molecule has 2 aromatic carbocycles. The summed E-state index contributed by atoms with van der Waals surface area (Å²) in [4.78, 5) is 12.1. The Hall–Kier alpha value is -0.340. The van der Waals surface area contributed by atoms with Gasteiger partial charge in [0.05, 0.1) is 5.56 Å². The summed E-state index contributed by atoms with van der Waals surface area (Å²) < 4.78 is 2.00. The SMILES string of the molecule is O=C(Nc1ccc(I)cc1)c1cc(Cl)ccc1I. The van der Waals surface area contributed by atoms with Gasteiger partial charge in [0, 0.05) is 17.9 Å². The lowest BCUT2D eigenvalue weighted by Crippen LogP contribution is -2.13. The van der Waals surface area contributed by atoms with Crippen molar-refractivity contribution in [2.45, 2.75) is 0 Å². The molecule has 2 nitrogen and oxygen atoms in total. The molecular weight excluding hydrogens is 475 g/mol. The van der Waals surface area contributed by atoms with E-state index < -0.39 is 0 Å². The number of amides is 1. The van der Waals surface area contributed by atoms with Gasteiger partial charge in [-0.2, -0.15) is 0 Å². The fraction of sp³-hybridized carbons (Fsp3) is 0. The van der Waals surface area contributed by atoms with E-state index in [1.807, 2.05) is 30.3 Å². The van der Waals surface area contributed by atoms with Gasteiger partial charge in [-0.3, -0.25) is 4.79 Å². The molecule has 0 aliphatic heterocycles. The van der Waals surface area contributed by atoms with Gasteiger partial charge in [-0.25, -0.2) is 0 Å². The molecule has 1 N–H and O–H groups in total. The Labute approximate surface area is 137 Å². The molecule has 18 heavy (non-hydrogen) atoms. The largest absolute Gasteiger partial charge is 0.322 e. The quantitative estimate of drug-likeness (QED) is 0.611. The highest BCUT2D eigenvalue weighted by atomic mass is 127. The van der Waals surface area contributed by atoms with E-state index in [1.165, 1.54) is 0 Å². The van der Waals surface area contributed by atoms with E-state index in [-0.39, 0.29) is 5.91 Å². The zero-order chi connectivity index (χ0) is 13.1. The predicted molar refractivity (Wildman–Crippen MR) is 91.3 cm³/mol. The average molecular weight is 483 g/mol. The molecule has 92 valence electrons. The third kappa shape index (κ3) is 3.58. The van der Waals surface area contributed by atoms with E-state index in [0.29, 0.717) is 10.6 Å². The van der Waals surface area contributed by atoms with Gasteiger partial charge in [0.15, 0.2) is 0 Å². The van der Waals surface area contributed by atoms with Gasteiger partial charge in [0.2, 0.25) is 0 Å². The molecule has 0 spiro atoms. The van der Waals surface area contributed by atoms with Gasteiger partial charge < -0.3 is 5.32 Å². The topological polar surface area (TPSA) is 29.1 Å². The van der Waals surface area contributed by atoms with Crippen molar-refractivity contribution in [1.82, 2.24) is 0 Å². The first-order chi connectivity index (χ1) is 8.56. The smallest absolute Gasteiger partial charge is 0.256 e. The first-order valence-electron chi connectivity index (χ1n) is 5.08. The predicted octanol–water partition coefficient (Wildman–Crippen LogP) is 4.80. The molecule has 0 fully saturated rings. The second-order valence-corrected chi connectivity index (χ2v) is 6.43. The molecule has 0 aliphatic rings. The van der Waals surface area contributed by atoms with Crippen molar-refractivity contribution >= 4 is 68.4 Å². The van der Waals surface area contributed by atoms with Crippen LogP contribution >= 0.6 is 56.8 Å². The van der Waals surface area contributed by atoms with Crippen LogP contribution in [0, 0.1) is 7.14 Å². The highest BCUT2D eigenvalue weighted by molar-refractivity contribution is 14.1. The monoisotopic (exact) mass is 483 g/mol. The first kappa shape index (κ1) is 14.1. The second kappa shape index (κ2) is 6.21. The number of hydrogen-bond donors (Lipinski definition) is 1. The lowest BCUT2D eigenvalue weighted by Gasteiger charge is -2.07. The van der Waals surface area contributed by atoms with Crippen LogP contribution in [0.2, 0.25) is 5.02 Å². The molecule has 0 atom stereocenters. The number of benzene rings is 2. The third-order valence-electron chi connectivity index (χ3n) is 2.28. The van der Waals surface area contributed by atoms with Gasteiger partial charge in [-0.05, 0) is 87.6 Å². The molecule has 0 heterocycles. The molecule has 0 saturated carbocycles. The van der Waals surface area contributed by atoms with E-state index in [4.69, 9.17) is 11.6 Å². The van der Waals surface area contributed by atoms with Gasteiger partial charge >= 0.3 is 0 Å². The van der Waals surface area contributed by atoms with Crippen LogP contribution in [0.3, 0.4) is 0 Å². The van der Waals surface area contributed by atoms with Crippen LogP contribution in [0.25, 0.3) is 0 Å². The highest BCUT2D eigenvalue weighted by Crippen LogP contribution is 2.19. The van der Waals surface area contributed by atoms with Crippen LogP contribution in [0.15, 0.2) is 42.5 Å². The molecule has 5 heteroatoms. The molecule has 0 radical (unpaired) electrons. The van der Waals surface area contributed by atoms with Crippen molar-refractivity contribution < 1.29 is 4.79 Å². The van der Waals surface area contributed by atoms with Crippen LogP contribution in [-0.2, 0) is 0 Å². The van der Waals surface area contributed by atoms with E-state index in [0.717, 1.165) is 12.8 Å². The number of anilines is 1. The molecule has 0 bridgehead atoms. The number of carbonyl (C=O) groups excluding carboxylic acids is 1. The maximum absolute atomic E-state index is 12.1. The zero-order valence-corrected chi connectivity index (χ0v) is 14.2. The normalized spacial score (nSPS) is 10.2. The summed E-state index contributed by atoms with van der Waals surface area (Å²) in [6.45, 7) is 0. The molecule has 2 rings (SSSR count). The Morgan fingerprint density at radius 3 is 2.39 bits per heavy atom. The van der Waals surface area contributed by atoms with Crippen LogP contribution in [0.5, 0.6) is 0 Å². The lowest BCUT2D eigenvalue weighted by atomic mass is 10.2. The van der Waals surface area contributed by atoms with Crippen LogP contribution < -0.4 is 5.32 Å². The van der Waals surface area contributed by atoms with Crippen LogP contribution in [0.1, 0.15) is 10.4 Å². The van der Waals surface area contributed by atoms with E-state index in [9.17, 15) is 4.79 Å². The molecule has 0 aromatic heterocycles. The van der Waals surface area contributed by atoms with Crippen LogP contribution in [-0.4, -0.2) is 5.91 Å². The van der Waals surface area contributed by atoms with E-state index >= 15 is 0 Å². The van der Waals surface area contributed by atoms with Crippen LogP contribution in [0.4, 0.5) is 5.69 Å². The van der Waals surface area contributed by atoms with Gasteiger partial charge in [0.25, 0.3) is 5.91 Å². The third-order valence-corrected chi connectivity index (χ3v) is 4.17. The number of halogens is 3. The minimum Gasteiger partial charge on any atom is -0.322 e. The number of carbonyl (C=O) groups is 1. The summed E-state index contributed by atoms with van der Waals surface area (Å²) >= 11 is 10.2. The van der Waals surface area contributed by atoms with Crippen molar-refractivity contribution in [3.63, 3.8) is 0 Å². The molecule has 1 amide bonds. The molecule has 0 saturated heterocycles. The van der Waals surface area contributed by atoms with Crippen molar-refractivity contribution in [2.75, 3.05) is 5.32 Å². The maximum atomic E-state index is 12.1. The Kier molecular flexibility index (Phi) is 4.85. The molecule has 0 unspecified atom stereocenters. The zero-order valence-electron chi connectivity index (χ0n) is 9.08. The maximum Gasteiger partial charge on any atom is 0.256 e. The van der Waals surface area contributed by atoms with Crippen molar-refractivity contribution in [1.29, 1.82) is 0 Å². The lowest BCUT2D eigenvalue weighted by molar-refractivity contribution is 0.102. The highest BCUT2D eigenvalue weighted by Gasteiger charge is 2.10. The summed E-state index contributed by atoms with van der Waals surface area (Å²) in [6, 6.07) is 12.9. The molecule has 0 aliphatic carbocycles. The van der Waals surface area contributed by atoms with E-state index in [2.05, 4.69) is 50.5 Å². The number of rotatable bonds is 2. The number of hydrogen-bond acceptors (Lipinski definition) is 1. The van der Waals surface area contributed by atoms with Crippen molar-refractivity contribution in [2.24, 2.45) is 0 Å². The molecule has 2 aromatic rings. The van der Waals surface area contributed by atoms with Gasteiger partial charge in [0.1, 0.15) is 0 Å². The minimum atomic E-state index is -0.150. The first-order valence-corrected chi connectivity index (χ1v) is 7.62. The van der Waals surface area contributed by atoms with Crippen molar-refractivity contribution in [3.05, 3.63) is 60.2 Å². The van der Waals surface area contributed by atoms with Gasteiger partial charge in [-0.1, -0.05) is 11.6 Å². The van der Waals surface area contributed by atoms with Gasteiger partial charge in [-0.15, -0.1) is 0 Å². The summed E-state index contributed by atoms with van der Waals surface area (Å²) in [5.74, 6) is -0.150. The molecular formula is C13H8ClI2NO. The summed E-state index contributed by atoms with van der Waals surface area (Å²) in [5.41, 5.74) is 1.36.